The van der Waals surface area contributed by atoms with Crippen molar-refractivity contribution in [1.82, 2.24) is 18.9 Å². The van der Waals surface area contributed by atoms with Crippen molar-refractivity contribution in [3.05, 3.63) is 70.8 Å². The van der Waals surface area contributed by atoms with Crippen LogP contribution in [0.1, 0.15) is 41.7 Å². The fourth-order valence-corrected chi connectivity index (χ4v) is 5.35. The lowest BCUT2D eigenvalue weighted by Crippen LogP contribution is -2.58. The second-order valence-corrected chi connectivity index (χ2v) is 9.66. The van der Waals surface area contributed by atoms with Gasteiger partial charge in [-0.25, -0.2) is 13.8 Å². The molecule has 0 radical (unpaired) electrons. The van der Waals surface area contributed by atoms with Gasteiger partial charge in [0.25, 0.3) is 5.56 Å². The van der Waals surface area contributed by atoms with Gasteiger partial charge >= 0.3 is 0 Å². The third-order valence-corrected chi connectivity index (χ3v) is 7.31. The number of pyridine rings is 3. The number of hydrogen-bond donors (Lipinski definition) is 0. The van der Waals surface area contributed by atoms with Gasteiger partial charge in [0.05, 0.1) is 29.5 Å². The standard InChI is InChI=1S/C25H23F2N5O2/c26-25(27)6-4-24(5-7-25)15-32(16-24)21-10-28-9-20-19(21)3-8-30(23(20)34)12-18-13-31-11-17(14-33)1-2-22(31)29-18/h1-3,8-11,13-14H,4-7,12,15-16H2. The van der Waals surface area contributed by atoms with E-state index in [-0.39, 0.29) is 30.4 Å². The van der Waals surface area contributed by atoms with Crippen molar-refractivity contribution in [2.45, 2.75) is 38.2 Å². The predicted molar refractivity (Wildman–Crippen MR) is 124 cm³/mol. The van der Waals surface area contributed by atoms with E-state index < -0.39 is 5.92 Å². The van der Waals surface area contributed by atoms with E-state index in [0.29, 0.717) is 35.1 Å². The van der Waals surface area contributed by atoms with Crippen LogP contribution in [0.3, 0.4) is 0 Å². The number of hydrogen-bond acceptors (Lipinski definition) is 5. The van der Waals surface area contributed by atoms with E-state index in [1.165, 1.54) is 0 Å². The number of anilines is 1. The maximum Gasteiger partial charge on any atom is 0.260 e. The Labute approximate surface area is 193 Å². The molecule has 4 aromatic rings. The van der Waals surface area contributed by atoms with Crippen molar-refractivity contribution in [1.29, 1.82) is 0 Å². The van der Waals surface area contributed by atoms with E-state index in [4.69, 9.17) is 0 Å². The van der Waals surface area contributed by atoms with E-state index in [0.717, 1.165) is 30.4 Å². The number of halogens is 2. The number of alkyl halides is 2. The second kappa shape index (κ2) is 7.44. The van der Waals surface area contributed by atoms with Gasteiger partial charge in [-0.2, -0.15) is 0 Å². The minimum Gasteiger partial charge on any atom is -0.369 e. The van der Waals surface area contributed by atoms with Crippen molar-refractivity contribution in [3.63, 3.8) is 0 Å². The van der Waals surface area contributed by atoms with E-state index in [9.17, 15) is 18.4 Å². The summed E-state index contributed by atoms with van der Waals surface area (Å²) in [5, 5.41) is 1.33. The Hall–Kier alpha value is -3.62. The molecule has 0 atom stereocenters. The number of rotatable bonds is 4. The Bertz CT molecular complexity index is 1470. The van der Waals surface area contributed by atoms with Crippen LogP contribution < -0.4 is 10.5 Å². The highest BCUT2D eigenvalue weighted by Gasteiger charge is 2.50. The van der Waals surface area contributed by atoms with Crippen LogP contribution in [0.25, 0.3) is 16.4 Å². The largest absolute Gasteiger partial charge is 0.369 e. The maximum atomic E-state index is 13.6. The summed E-state index contributed by atoms with van der Waals surface area (Å²) in [5.41, 5.74) is 2.61. The summed E-state index contributed by atoms with van der Waals surface area (Å²) >= 11 is 0. The monoisotopic (exact) mass is 463 g/mol. The molecule has 1 aliphatic heterocycles. The molecular formula is C25H23F2N5O2. The van der Waals surface area contributed by atoms with Crippen molar-refractivity contribution in [3.8, 4) is 0 Å². The molecule has 0 amide bonds. The molecule has 9 heteroatoms. The first-order chi connectivity index (χ1) is 16.3. The molecule has 1 spiro atoms. The van der Waals surface area contributed by atoms with Gasteiger partial charge in [-0.05, 0) is 31.0 Å². The van der Waals surface area contributed by atoms with Crippen LogP contribution in [0.4, 0.5) is 14.5 Å². The molecule has 2 fully saturated rings. The van der Waals surface area contributed by atoms with E-state index in [1.807, 2.05) is 6.07 Å². The topological polar surface area (TPSA) is 72.5 Å². The summed E-state index contributed by atoms with van der Waals surface area (Å²) in [6, 6.07) is 5.38. The zero-order chi connectivity index (χ0) is 23.5. The minimum absolute atomic E-state index is 0.0428. The van der Waals surface area contributed by atoms with E-state index in [1.54, 1.807) is 52.1 Å². The fraction of sp³-hybridized carbons (Fsp3) is 0.360. The number of carbonyl (C=O) groups excluding carboxylic acids is 1. The van der Waals surface area contributed by atoms with Crippen LogP contribution in [0, 0.1) is 5.41 Å². The van der Waals surface area contributed by atoms with Crippen molar-refractivity contribution in [2.24, 2.45) is 5.41 Å². The second-order valence-electron chi connectivity index (χ2n) is 9.66. The molecule has 1 saturated heterocycles. The van der Waals surface area contributed by atoms with Crippen LogP contribution in [-0.4, -0.2) is 44.2 Å². The summed E-state index contributed by atoms with van der Waals surface area (Å²) in [6.45, 7) is 1.73. The number of nitrogens with zero attached hydrogens (tertiary/aromatic N) is 5. The molecule has 1 aliphatic carbocycles. The van der Waals surface area contributed by atoms with Crippen LogP contribution in [0.2, 0.25) is 0 Å². The average molecular weight is 463 g/mol. The van der Waals surface area contributed by atoms with Crippen LogP contribution in [0.5, 0.6) is 0 Å². The van der Waals surface area contributed by atoms with Gasteiger partial charge in [-0.3, -0.25) is 14.6 Å². The molecule has 4 aromatic heterocycles. The zero-order valence-corrected chi connectivity index (χ0v) is 18.5. The molecular weight excluding hydrogens is 440 g/mol. The predicted octanol–water partition coefficient (Wildman–Crippen LogP) is 3.92. The number of aromatic nitrogens is 4. The van der Waals surface area contributed by atoms with Gasteiger partial charge in [0, 0.05) is 67.1 Å². The normalized spacial score (nSPS) is 18.9. The smallest absolute Gasteiger partial charge is 0.260 e. The lowest BCUT2D eigenvalue weighted by atomic mass is 9.67. The summed E-state index contributed by atoms with van der Waals surface area (Å²) in [7, 11) is 0. The van der Waals surface area contributed by atoms with Gasteiger partial charge in [0.1, 0.15) is 5.65 Å². The molecule has 0 N–H and O–H groups in total. The zero-order valence-electron chi connectivity index (χ0n) is 18.5. The van der Waals surface area contributed by atoms with Crippen molar-refractivity contribution >= 4 is 28.4 Å². The highest BCUT2D eigenvalue weighted by Crippen LogP contribution is 2.50. The third kappa shape index (κ3) is 3.46. The van der Waals surface area contributed by atoms with E-state index >= 15 is 0 Å². The molecule has 7 nitrogen and oxygen atoms in total. The fourth-order valence-electron chi connectivity index (χ4n) is 5.35. The summed E-state index contributed by atoms with van der Waals surface area (Å²) < 4.78 is 30.5. The molecule has 0 unspecified atom stereocenters. The number of carbonyl (C=O) groups is 1. The highest BCUT2D eigenvalue weighted by atomic mass is 19.3. The molecule has 1 saturated carbocycles. The van der Waals surface area contributed by atoms with Crippen LogP contribution in [-0.2, 0) is 6.54 Å². The van der Waals surface area contributed by atoms with Crippen LogP contribution in [0.15, 0.2) is 54.0 Å². The SMILES string of the molecule is O=Cc1ccc2nc(Cn3ccc4c(N5CC6(CCC(F)(F)CC6)C5)cncc4c3=O)cn2c1. The summed E-state index contributed by atoms with van der Waals surface area (Å²) in [4.78, 5) is 35.2. The Balaban J connectivity index is 1.26. The lowest BCUT2D eigenvalue weighted by molar-refractivity contribution is -0.0730. The Kier molecular flexibility index (Phi) is 4.59. The number of imidazole rings is 1. The molecule has 2 aliphatic rings. The molecule has 34 heavy (non-hydrogen) atoms. The molecule has 0 aromatic carbocycles. The van der Waals surface area contributed by atoms with Crippen molar-refractivity contribution in [2.75, 3.05) is 18.0 Å². The Morgan fingerprint density at radius 1 is 1.00 bits per heavy atom. The van der Waals surface area contributed by atoms with E-state index in [2.05, 4.69) is 14.9 Å². The van der Waals surface area contributed by atoms with Gasteiger partial charge in [-0.15, -0.1) is 0 Å². The first-order valence-electron chi connectivity index (χ1n) is 11.4. The number of aldehydes is 1. The average Bonchev–Trinajstić information content (AvgIpc) is 3.21. The molecule has 5 heterocycles. The number of fused-ring (bicyclic) bond motifs is 2. The summed E-state index contributed by atoms with van der Waals surface area (Å²) in [6.07, 6.45) is 10.4. The Morgan fingerprint density at radius 2 is 1.79 bits per heavy atom. The van der Waals surface area contributed by atoms with Gasteiger partial charge in [-0.1, -0.05) is 0 Å². The van der Waals surface area contributed by atoms with Gasteiger partial charge < -0.3 is 13.9 Å². The van der Waals surface area contributed by atoms with Gasteiger partial charge in [0.2, 0.25) is 5.92 Å². The Morgan fingerprint density at radius 3 is 2.56 bits per heavy atom. The van der Waals surface area contributed by atoms with Gasteiger partial charge in [0.15, 0.2) is 6.29 Å². The molecule has 0 bridgehead atoms. The first-order valence-corrected chi connectivity index (χ1v) is 11.4. The lowest BCUT2D eigenvalue weighted by Gasteiger charge is -2.54. The molecule has 174 valence electrons. The minimum atomic E-state index is -2.53. The first kappa shape index (κ1) is 20.9. The molecule has 6 rings (SSSR count). The maximum absolute atomic E-state index is 13.6. The quantitative estimate of drug-likeness (QED) is 0.429. The van der Waals surface area contributed by atoms with Crippen LogP contribution >= 0.6 is 0 Å². The van der Waals surface area contributed by atoms with Crippen molar-refractivity contribution < 1.29 is 13.6 Å². The summed E-state index contributed by atoms with van der Waals surface area (Å²) in [5.74, 6) is -2.53. The third-order valence-electron chi connectivity index (χ3n) is 7.31. The highest BCUT2D eigenvalue weighted by molar-refractivity contribution is 5.93.